The number of hydrogen-bond donors (Lipinski definition) is 2. The van der Waals surface area contributed by atoms with Crippen molar-refractivity contribution in [1.82, 2.24) is 29.8 Å². The molecule has 0 spiro atoms. The van der Waals surface area contributed by atoms with Crippen LogP contribution in [0.2, 0.25) is 0 Å². The van der Waals surface area contributed by atoms with Crippen LogP contribution in [-0.2, 0) is 0 Å². The number of carbonyl (C=O) groups excluding carboxylic acids is 1. The van der Waals surface area contributed by atoms with Crippen LogP contribution >= 0.6 is 0 Å². The molecular weight excluding hydrogens is 394 g/mol. The maximum Gasteiger partial charge on any atom is 0.333 e. The minimum absolute atomic E-state index is 0.0867. The maximum atomic E-state index is 12.8. The third-order valence-electron chi connectivity index (χ3n) is 5.49. The normalized spacial score (nSPS) is 17.2. The minimum Gasteiger partial charge on any atom is -0.348 e. The molecular formula is C22H21N7O2. The molecule has 1 aliphatic rings. The highest BCUT2D eigenvalue weighted by Crippen LogP contribution is 2.30. The molecule has 9 heteroatoms. The second-order valence-corrected chi connectivity index (χ2v) is 7.63. The summed E-state index contributed by atoms with van der Waals surface area (Å²) in [6.07, 6.45) is 3.37. The van der Waals surface area contributed by atoms with Crippen LogP contribution in [0, 0.1) is 0 Å². The Morgan fingerprint density at radius 2 is 1.90 bits per heavy atom. The standard InChI is InChI=1S/C22H21N7O2/c1-13-12-28(14(2)16-6-3-4-10-23-16)20-15(21(30)25-13)8-9-18(26-20)29-17-7-5-11-24-19(17)27-22(29)31/h3-11,13-14H,12H2,1-2H3,(H,25,30)(H,24,27,31)/t13-,14-/m0/s1. The molecule has 0 saturated carbocycles. The van der Waals surface area contributed by atoms with Crippen molar-refractivity contribution in [3.05, 3.63) is 76.6 Å². The Labute approximate surface area is 177 Å². The van der Waals surface area contributed by atoms with Crippen molar-refractivity contribution in [3.8, 4) is 5.82 Å². The lowest BCUT2D eigenvalue weighted by Crippen LogP contribution is -2.39. The van der Waals surface area contributed by atoms with Crippen molar-refractivity contribution in [2.45, 2.75) is 25.9 Å². The van der Waals surface area contributed by atoms with Gasteiger partial charge in [-0.05, 0) is 50.2 Å². The monoisotopic (exact) mass is 415 g/mol. The molecule has 0 aliphatic carbocycles. The van der Waals surface area contributed by atoms with Gasteiger partial charge in [-0.3, -0.25) is 14.8 Å². The highest BCUT2D eigenvalue weighted by molar-refractivity contribution is 6.00. The van der Waals surface area contributed by atoms with Gasteiger partial charge in [-0.15, -0.1) is 0 Å². The van der Waals surface area contributed by atoms with Gasteiger partial charge in [0.1, 0.15) is 11.6 Å². The van der Waals surface area contributed by atoms with E-state index in [2.05, 4.69) is 25.2 Å². The van der Waals surface area contributed by atoms with E-state index >= 15 is 0 Å². The van der Waals surface area contributed by atoms with Gasteiger partial charge < -0.3 is 10.2 Å². The zero-order valence-corrected chi connectivity index (χ0v) is 17.1. The minimum atomic E-state index is -0.336. The van der Waals surface area contributed by atoms with E-state index in [0.717, 1.165) is 5.69 Å². The molecule has 0 aromatic carbocycles. The number of amides is 1. The number of nitrogens with zero attached hydrogens (tertiary/aromatic N) is 5. The first-order chi connectivity index (χ1) is 15.0. The van der Waals surface area contributed by atoms with Gasteiger partial charge in [0.05, 0.1) is 22.8 Å². The predicted molar refractivity (Wildman–Crippen MR) is 116 cm³/mol. The van der Waals surface area contributed by atoms with Gasteiger partial charge in [-0.2, -0.15) is 0 Å². The van der Waals surface area contributed by atoms with E-state index in [1.165, 1.54) is 4.57 Å². The number of H-pyrrole nitrogens is 1. The van der Waals surface area contributed by atoms with Crippen molar-refractivity contribution in [2.75, 3.05) is 11.4 Å². The summed E-state index contributed by atoms with van der Waals surface area (Å²) in [5, 5.41) is 3.00. The summed E-state index contributed by atoms with van der Waals surface area (Å²) in [6, 6.07) is 12.5. The third-order valence-corrected chi connectivity index (χ3v) is 5.49. The van der Waals surface area contributed by atoms with Crippen LogP contribution < -0.4 is 15.9 Å². The molecule has 31 heavy (non-hydrogen) atoms. The van der Waals surface area contributed by atoms with E-state index in [1.54, 1.807) is 36.7 Å². The molecule has 0 saturated heterocycles. The van der Waals surface area contributed by atoms with Crippen LogP contribution in [0.15, 0.2) is 59.7 Å². The zero-order chi connectivity index (χ0) is 21.5. The number of aromatic nitrogens is 5. The average molecular weight is 415 g/mol. The number of aromatic amines is 1. The highest BCUT2D eigenvalue weighted by Gasteiger charge is 2.30. The topological polar surface area (TPSA) is 109 Å². The van der Waals surface area contributed by atoms with Gasteiger partial charge in [-0.25, -0.2) is 19.3 Å². The average Bonchev–Trinajstić information content (AvgIpc) is 3.06. The molecule has 0 bridgehead atoms. The summed E-state index contributed by atoms with van der Waals surface area (Å²) in [6.45, 7) is 4.54. The molecule has 5 heterocycles. The van der Waals surface area contributed by atoms with Gasteiger partial charge in [0, 0.05) is 25.0 Å². The number of imidazole rings is 1. The predicted octanol–water partition coefficient (Wildman–Crippen LogP) is 2.20. The SMILES string of the molecule is C[C@H]1CN([C@@H](C)c2ccccn2)c2nc(-n3c(=O)[nH]c4ncccc43)ccc2C(=O)N1. The number of nitrogens with one attached hydrogen (secondary N) is 2. The van der Waals surface area contributed by atoms with Gasteiger partial charge in [0.15, 0.2) is 5.65 Å². The smallest absolute Gasteiger partial charge is 0.333 e. The molecule has 4 aromatic rings. The van der Waals surface area contributed by atoms with E-state index in [-0.39, 0.29) is 23.7 Å². The molecule has 0 radical (unpaired) electrons. The van der Waals surface area contributed by atoms with Gasteiger partial charge >= 0.3 is 5.69 Å². The zero-order valence-electron chi connectivity index (χ0n) is 17.1. The summed E-state index contributed by atoms with van der Waals surface area (Å²) in [5.74, 6) is 0.747. The third kappa shape index (κ3) is 3.24. The first kappa shape index (κ1) is 19.0. The molecule has 1 amide bonds. The fourth-order valence-electron chi connectivity index (χ4n) is 3.98. The largest absolute Gasteiger partial charge is 0.348 e. The van der Waals surface area contributed by atoms with Crippen LogP contribution in [0.4, 0.5) is 5.82 Å². The Balaban J connectivity index is 1.69. The lowest BCUT2D eigenvalue weighted by Gasteiger charge is -2.31. The van der Waals surface area contributed by atoms with Crippen molar-refractivity contribution < 1.29 is 4.79 Å². The summed E-state index contributed by atoms with van der Waals surface area (Å²) in [7, 11) is 0. The van der Waals surface area contributed by atoms with E-state index < -0.39 is 0 Å². The van der Waals surface area contributed by atoms with Crippen LogP contribution in [0.1, 0.15) is 35.9 Å². The van der Waals surface area contributed by atoms with Crippen molar-refractivity contribution >= 4 is 22.9 Å². The van der Waals surface area contributed by atoms with Crippen molar-refractivity contribution in [1.29, 1.82) is 0 Å². The van der Waals surface area contributed by atoms with E-state index in [4.69, 9.17) is 4.98 Å². The van der Waals surface area contributed by atoms with Crippen LogP contribution in [-0.4, -0.2) is 43.0 Å². The van der Waals surface area contributed by atoms with Crippen molar-refractivity contribution in [2.24, 2.45) is 0 Å². The van der Waals surface area contributed by atoms with E-state index in [0.29, 0.717) is 34.9 Å². The van der Waals surface area contributed by atoms with Crippen LogP contribution in [0.3, 0.4) is 0 Å². The summed E-state index contributed by atoms with van der Waals surface area (Å²) < 4.78 is 1.47. The molecule has 0 fully saturated rings. The molecule has 156 valence electrons. The Kier molecular flexibility index (Phi) is 4.50. The second-order valence-electron chi connectivity index (χ2n) is 7.63. The number of rotatable bonds is 3. The Morgan fingerprint density at radius 3 is 2.71 bits per heavy atom. The number of anilines is 1. The molecule has 4 aromatic heterocycles. The van der Waals surface area contributed by atoms with Crippen LogP contribution in [0.5, 0.6) is 0 Å². The summed E-state index contributed by atoms with van der Waals surface area (Å²) >= 11 is 0. The van der Waals surface area contributed by atoms with Gasteiger partial charge in [0.25, 0.3) is 5.91 Å². The van der Waals surface area contributed by atoms with Crippen LogP contribution in [0.25, 0.3) is 17.0 Å². The highest BCUT2D eigenvalue weighted by atomic mass is 16.2. The molecule has 2 N–H and O–H groups in total. The lowest BCUT2D eigenvalue weighted by molar-refractivity contribution is 0.0945. The Bertz CT molecular complexity index is 1330. The van der Waals surface area contributed by atoms with Crippen molar-refractivity contribution in [3.63, 3.8) is 0 Å². The molecule has 2 atom stereocenters. The molecule has 9 nitrogen and oxygen atoms in total. The summed E-state index contributed by atoms with van der Waals surface area (Å²) in [5.41, 5.74) is 2.10. The second kappa shape index (κ2) is 7.35. The fraction of sp³-hybridized carbons (Fsp3) is 0.227. The van der Waals surface area contributed by atoms with E-state index in [9.17, 15) is 9.59 Å². The fourth-order valence-corrected chi connectivity index (χ4v) is 3.98. The quantitative estimate of drug-likeness (QED) is 0.531. The lowest BCUT2D eigenvalue weighted by atomic mass is 10.1. The molecule has 0 unspecified atom stereocenters. The number of pyridine rings is 3. The number of fused-ring (bicyclic) bond motifs is 2. The van der Waals surface area contributed by atoms with Gasteiger partial charge in [-0.1, -0.05) is 6.07 Å². The Morgan fingerprint density at radius 1 is 1.06 bits per heavy atom. The maximum absolute atomic E-state index is 12.8. The first-order valence-electron chi connectivity index (χ1n) is 10.1. The number of carbonyl (C=O) groups is 1. The number of hydrogen-bond acceptors (Lipinski definition) is 6. The first-order valence-corrected chi connectivity index (χ1v) is 10.1. The Hall–Kier alpha value is -4.01. The molecule has 5 rings (SSSR count). The van der Waals surface area contributed by atoms with Gasteiger partial charge in [0.2, 0.25) is 0 Å². The van der Waals surface area contributed by atoms with E-state index in [1.807, 2.05) is 32.0 Å². The summed E-state index contributed by atoms with van der Waals surface area (Å²) in [4.78, 5) is 43.8. The molecule has 1 aliphatic heterocycles.